The number of ether oxygens (including phenoxy) is 1. The highest BCUT2D eigenvalue weighted by molar-refractivity contribution is 5.73. The summed E-state index contributed by atoms with van der Waals surface area (Å²) in [5, 5.41) is 14.2. The van der Waals surface area contributed by atoms with Gasteiger partial charge >= 0.3 is 24.3 Å². The van der Waals surface area contributed by atoms with Crippen LogP contribution in [0.3, 0.4) is 0 Å². The molecule has 1 saturated carbocycles. The van der Waals surface area contributed by atoms with Crippen molar-refractivity contribution < 1.29 is 50.9 Å². The van der Waals surface area contributed by atoms with Crippen LogP contribution in [0.1, 0.15) is 25.7 Å². The number of carbonyl (C=O) groups is 2. The minimum Gasteiger partial charge on any atom is -0.475 e. The Labute approximate surface area is 196 Å². The second-order valence-corrected chi connectivity index (χ2v) is 8.40. The molecule has 3 fully saturated rings. The van der Waals surface area contributed by atoms with E-state index in [0.29, 0.717) is 0 Å². The molecule has 15 heteroatoms. The zero-order valence-electron chi connectivity index (χ0n) is 18.6. The molecule has 4 rings (SSSR count). The van der Waals surface area contributed by atoms with Crippen molar-refractivity contribution in [1.29, 1.82) is 0 Å². The molecule has 1 unspecified atom stereocenters. The molecule has 0 aromatic carbocycles. The van der Waals surface area contributed by atoms with E-state index >= 15 is 0 Å². The first kappa shape index (κ1) is 28.6. The normalized spacial score (nSPS) is 23.0. The summed E-state index contributed by atoms with van der Waals surface area (Å²) < 4.78 is 69.7. The summed E-state index contributed by atoms with van der Waals surface area (Å²) in [6.07, 6.45) is 0.407. The monoisotopic (exact) mass is 516 g/mol. The maximum Gasteiger partial charge on any atom is 0.490 e. The predicted molar refractivity (Wildman–Crippen MR) is 109 cm³/mol. The first-order chi connectivity index (χ1) is 16.2. The van der Waals surface area contributed by atoms with Crippen LogP contribution in [0.4, 0.5) is 32.2 Å². The Kier molecular flexibility index (Phi) is 9.66. The molecule has 0 amide bonds. The molecule has 198 valence electrons. The van der Waals surface area contributed by atoms with Crippen LogP contribution < -0.4 is 4.90 Å². The van der Waals surface area contributed by atoms with Crippen LogP contribution in [0, 0.1) is 5.92 Å². The average molecular weight is 516 g/mol. The molecular formula is C20H26F6N4O5. The molecule has 2 aliphatic heterocycles. The average Bonchev–Trinajstić information content (AvgIpc) is 3.58. The second kappa shape index (κ2) is 11.8. The van der Waals surface area contributed by atoms with Crippen molar-refractivity contribution in [2.75, 3.05) is 44.2 Å². The molecule has 1 aromatic rings. The molecule has 1 atom stereocenters. The third kappa shape index (κ3) is 9.84. The molecule has 1 aromatic heterocycles. The largest absolute Gasteiger partial charge is 0.490 e. The van der Waals surface area contributed by atoms with Crippen molar-refractivity contribution in [3.63, 3.8) is 0 Å². The van der Waals surface area contributed by atoms with E-state index in [9.17, 15) is 26.3 Å². The van der Waals surface area contributed by atoms with Gasteiger partial charge in [0.1, 0.15) is 5.82 Å². The fourth-order valence-corrected chi connectivity index (χ4v) is 3.74. The van der Waals surface area contributed by atoms with Crippen LogP contribution in [0.25, 0.3) is 0 Å². The Morgan fingerprint density at radius 3 is 2.11 bits per heavy atom. The lowest BCUT2D eigenvalue weighted by atomic mass is 9.90. The molecule has 3 heterocycles. The molecule has 9 nitrogen and oxygen atoms in total. The Balaban J connectivity index is 0.000000257. The first-order valence-electron chi connectivity index (χ1n) is 10.7. The first-order valence-corrected chi connectivity index (χ1v) is 10.7. The number of nitrogens with zero attached hydrogens (tertiary/aromatic N) is 4. The number of hydrogen-bond acceptors (Lipinski definition) is 7. The van der Waals surface area contributed by atoms with Gasteiger partial charge in [-0.3, -0.25) is 9.88 Å². The molecule has 0 radical (unpaired) electrons. The predicted octanol–water partition coefficient (Wildman–Crippen LogP) is 2.82. The maximum atomic E-state index is 10.6. The van der Waals surface area contributed by atoms with Gasteiger partial charge in [-0.15, -0.1) is 0 Å². The maximum absolute atomic E-state index is 10.6. The fourth-order valence-electron chi connectivity index (χ4n) is 3.74. The zero-order chi connectivity index (χ0) is 26.3. The van der Waals surface area contributed by atoms with Gasteiger partial charge in [-0.25, -0.2) is 14.6 Å². The SMILES string of the molecule is O=C(O)C(F)(F)F.O=C(O)C(F)(F)F.c1cnc(N2CCCC3(CN(CC4CC4)CCO3)C2)cn1. The number of carboxylic acids is 2. The summed E-state index contributed by atoms with van der Waals surface area (Å²) >= 11 is 0. The lowest BCUT2D eigenvalue weighted by Gasteiger charge is -2.48. The van der Waals surface area contributed by atoms with E-state index in [-0.39, 0.29) is 5.60 Å². The topological polar surface area (TPSA) is 116 Å². The Hall–Kier alpha value is -2.68. The van der Waals surface area contributed by atoms with Gasteiger partial charge in [-0.05, 0) is 31.6 Å². The Morgan fingerprint density at radius 2 is 1.63 bits per heavy atom. The van der Waals surface area contributed by atoms with E-state index < -0.39 is 24.3 Å². The van der Waals surface area contributed by atoms with Crippen LogP contribution in [-0.2, 0) is 14.3 Å². The van der Waals surface area contributed by atoms with Crippen LogP contribution >= 0.6 is 0 Å². The number of carboxylic acid groups (broad SMARTS) is 2. The highest BCUT2D eigenvalue weighted by Gasteiger charge is 2.42. The quantitative estimate of drug-likeness (QED) is 0.585. The summed E-state index contributed by atoms with van der Waals surface area (Å²) in [7, 11) is 0. The van der Waals surface area contributed by atoms with E-state index in [4.69, 9.17) is 24.5 Å². The van der Waals surface area contributed by atoms with Crippen molar-refractivity contribution in [2.24, 2.45) is 5.92 Å². The van der Waals surface area contributed by atoms with Crippen molar-refractivity contribution >= 4 is 17.8 Å². The summed E-state index contributed by atoms with van der Waals surface area (Å²) in [5.74, 6) is -3.57. The number of anilines is 1. The molecule has 2 saturated heterocycles. The van der Waals surface area contributed by atoms with Gasteiger partial charge in [-0.1, -0.05) is 0 Å². The van der Waals surface area contributed by atoms with Crippen molar-refractivity contribution in [3.05, 3.63) is 18.6 Å². The number of hydrogen-bond donors (Lipinski definition) is 2. The van der Waals surface area contributed by atoms with Crippen molar-refractivity contribution in [2.45, 2.75) is 43.6 Å². The van der Waals surface area contributed by atoms with Gasteiger partial charge in [0.25, 0.3) is 0 Å². The van der Waals surface area contributed by atoms with E-state index in [0.717, 1.165) is 44.5 Å². The number of aromatic nitrogens is 2. The molecular weight excluding hydrogens is 490 g/mol. The van der Waals surface area contributed by atoms with E-state index in [1.807, 2.05) is 6.20 Å². The summed E-state index contributed by atoms with van der Waals surface area (Å²) in [6, 6.07) is 0. The van der Waals surface area contributed by atoms with E-state index in [1.54, 1.807) is 12.4 Å². The number of morpholine rings is 1. The highest BCUT2D eigenvalue weighted by Crippen LogP contribution is 2.34. The fraction of sp³-hybridized carbons (Fsp3) is 0.700. The molecule has 0 bridgehead atoms. The van der Waals surface area contributed by atoms with Gasteiger partial charge in [0, 0.05) is 45.1 Å². The van der Waals surface area contributed by atoms with Crippen molar-refractivity contribution in [3.8, 4) is 0 Å². The van der Waals surface area contributed by atoms with Crippen LogP contribution in [0.2, 0.25) is 0 Å². The minimum absolute atomic E-state index is 0.00289. The smallest absolute Gasteiger partial charge is 0.475 e. The summed E-state index contributed by atoms with van der Waals surface area (Å²) in [5.41, 5.74) is 0.00289. The molecule has 3 aliphatic rings. The summed E-state index contributed by atoms with van der Waals surface area (Å²) in [4.78, 5) is 31.4. The third-order valence-electron chi connectivity index (χ3n) is 5.44. The number of alkyl halides is 6. The van der Waals surface area contributed by atoms with Gasteiger partial charge in [0.15, 0.2) is 0 Å². The van der Waals surface area contributed by atoms with Crippen LogP contribution in [0.5, 0.6) is 0 Å². The van der Waals surface area contributed by atoms with E-state index in [2.05, 4.69) is 19.8 Å². The van der Waals surface area contributed by atoms with Gasteiger partial charge < -0.3 is 19.8 Å². The third-order valence-corrected chi connectivity index (χ3v) is 5.44. The number of rotatable bonds is 3. The Morgan fingerprint density at radius 1 is 1.03 bits per heavy atom. The second-order valence-electron chi connectivity index (χ2n) is 8.40. The van der Waals surface area contributed by atoms with Gasteiger partial charge in [0.05, 0.1) is 18.4 Å². The number of halogens is 6. The molecule has 2 N–H and O–H groups in total. The van der Waals surface area contributed by atoms with Crippen molar-refractivity contribution in [1.82, 2.24) is 14.9 Å². The lowest BCUT2D eigenvalue weighted by Crippen LogP contribution is -2.60. The number of piperidine rings is 1. The molecule has 1 aliphatic carbocycles. The van der Waals surface area contributed by atoms with Gasteiger partial charge in [0.2, 0.25) is 0 Å². The minimum atomic E-state index is -5.08. The van der Waals surface area contributed by atoms with E-state index in [1.165, 1.54) is 32.2 Å². The zero-order valence-corrected chi connectivity index (χ0v) is 18.6. The number of aliphatic carboxylic acids is 2. The molecule has 1 spiro atoms. The van der Waals surface area contributed by atoms with Gasteiger partial charge in [-0.2, -0.15) is 26.3 Å². The molecule has 35 heavy (non-hydrogen) atoms. The van der Waals surface area contributed by atoms with Crippen LogP contribution in [-0.4, -0.2) is 94.3 Å². The summed E-state index contributed by atoms with van der Waals surface area (Å²) in [6.45, 7) is 6.35. The lowest BCUT2D eigenvalue weighted by molar-refractivity contribution is -0.193. The van der Waals surface area contributed by atoms with Crippen LogP contribution in [0.15, 0.2) is 18.6 Å². The Bertz CT molecular complexity index is 810. The standard InChI is InChI=1S/C16H24N4O.2C2HF3O2/c1-4-16(12-19(8-9-21-16)11-14-2-3-14)13-20(7-1)15-10-17-5-6-18-15;2*3-2(4,5)1(6)7/h5-6,10,14H,1-4,7-9,11-13H2;2*(H,6,7). The highest BCUT2D eigenvalue weighted by atomic mass is 19.4.